The molecule has 2 heterocycles. The summed E-state index contributed by atoms with van der Waals surface area (Å²) in [6, 6.07) is 11.2. The lowest BCUT2D eigenvalue weighted by molar-refractivity contribution is 0.881. The van der Waals surface area contributed by atoms with Gasteiger partial charge >= 0.3 is 0 Å². The fourth-order valence-corrected chi connectivity index (χ4v) is 1.97. The molecule has 0 radical (unpaired) electrons. The van der Waals surface area contributed by atoms with Gasteiger partial charge in [0.1, 0.15) is 17.7 Å². The summed E-state index contributed by atoms with van der Waals surface area (Å²) in [4.78, 5) is 4.20. The quantitative estimate of drug-likeness (QED) is 0.700. The summed E-state index contributed by atoms with van der Waals surface area (Å²) in [6.07, 6.45) is 3.10. The topological polar surface area (TPSA) is 127 Å². The van der Waals surface area contributed by atoms with Gasteiger partial charge in [0.2, 0.25) is 5.82 Å². The molecule has 0 saturated heterocycles. The van der Waals surface area contributed by atoms with E-state index in [1.165, 1.54) is 6.20 Å². The summed E-state index contributed by atoms with van der Waals surface area (Å²) in [7, 11) is 0. The van der Waals surface area contributed by atoms with E-state index in [0.717, 1.165) is 10.9 Å². The van der Waals surface area contributed by atoms with E-state index in [2.05, 4.69) is 37.0 Å². The molecular formula is C14H8N8. The largest absolute Gasteiger partial charge is 0.359 e. The van der Waals surface area contributed by atoms with Gasteiger partial charge in [0.25, 0.3) is 0 Å². The number of allylic oxidation sites excluding steroid dienone is 1. The smallest absolute Gasteiger partial charge is 0.216 e. The van der Waals surface area contributed by atoms with Gasteiger partial charge in [0.15, 0.2) is 0 Å². The van der Waals surface area contributed by atoms with Crippen LogP contribution in [0.3, 0.4) is 0 Å². The number of fused-ring (bicyclic) bond motifs is 1. The fourth-order valence-electron chi connectivity index (χ4n) is 1.97. The molecular weight excluding hydrogens is 280 g/mol. The lowest BCUT2D eigenvalue weighted by Gasteiger charge is -2.06. The molecule has 0 aliphatic heterocycles. The van der Waals surface area contributed by atoms with Crippen molar-refractivity contribution in [1.82, 2.24) is 25.6 Å². The molecule has 0 spiro atoms. The summed E-state index contributed by atoms with van der Waals surface area (Å²) in [6.45, 7) is 0. The normalized spacial score (nSPS) is 10.9. The monoisotopic (exact) mass is 288 g/mol. The number of aromatic nitrogens is 5. The zero-order chi connectivity index (χ0) is 15.4. The van der Waals surface area contributed by atoms with Crippen molar-refractivity contribution in [3.05, 3.63) is 48.1 Å². The van der Waals surface area contributed by atoms with Crippen molar-refractivity contribution in [2.24, 2.45) is 0 Å². The summed E-state index contributed by atoms with van der Waals surface area (Å²) in [5.41, 5.74) is 1.95. The molecule has 2 aromatic heterocycles. The first-order chi connectivity index (χ1) is 10.8. The Balaban J connectivity index is 2.01. The maximum absolute atomic E-state index is 9.38. The Hall–Kier alpha value is -3.78. The lowest BCUT2D eigenvalue weighted by Crippen LogP contribution is -1.96. The number of benzene rings is 1. The van der Waals surface area contributed by atoms with Crippen LogP contribution in [0.2, 0.25) is 0 Å². The zero-order valence-corrected chi connectivity index (χ0v) is 11.1. The second kappa shape index (κ2) is 5.69. The van der Waals surface area contributed by atoms with Gasteiger partial charge in [0.05, 0.1) is 16.8 Å². The Bertz CT molecular complexity index is 928. The van der Waals surface area contributed by atoms with Gasteiger partial charge in [-0.1, -0.05) is 0 Å². The highest BCUT2D eigenvalue weighted by Gasteiger charge is 2.09. The molecule has 0 saturated carbocycles. The zero-order valence-electron chi connectivity index (χ0n) is 11.1. The highest BCUT2D eigenvalue weighted by molar-refractivity contribution is 5.90. The molecule has 0 unspecified atom stereocenters. The third kappa shape index (κ3) is 2.32. The Morgan fingerprint density at radius 2 is 2.18 bits per heavy atom. The lowest BCUT2D eigenvalue weighted by atomic mass is 10.1. The van der Waals surface area contributed by atoms with Crippen molar-refractivity contribution in [2.45, 2.75) is 0 Å². The molecule has 104 valence electrons. The second-order valence-electron chi connectivity index (χ2n) is 4.22. The Morgan fingerprint density at radius 3 is 2.91 bits per heavy atom. The first-order valence-corrected chi connectivity index (χ1v) is 6.22. The van der Waals surface area contributed by atoms with Crippen LogP contribution in [-0.2, 0) is 0 Å². The molecule has 2 N–H and O–H groups in total. The van der Waals surface area contributed by atoms with Gasteiger partial charge in [-0.25, -0.2) is 0 Å². The molecule has 8 nitrogen and oxygen atoms in total. The number of nitrogens with zero attached hydrogens (tertiary/aromatic N) is 6. The molecule has 22 heavy (non-hydrogen) atoms. The average Bonchev–Trinajstić information content (AvgIpc) is 3.09. The van der Waals surface area contributed by atoms with Crippen molar-refractivity contribution in [3.8, 4) is 12.1 Å². The SMILES string of the molecule is N#CC(=CNc1ccc2ncccc2c1C#N)c1nn[nH]n1. The summed E-state index contributed by atoms with van der Waals surface area (Å²) in [5.74, 6) is 0.177. The van der Waals surface area contributed by atoms with E-state index >= 15 is 0 Å². The molecule has 1 aromatic carbocycles. The highest BCUT2D eigenvalue weighted by atomic mass is 15.5. The van der Waals surface area contributed by atoms with Crippen molar-refractivity contribution < 1.29 is 0 Å². The van der Waals surface area contributed by atoms with Crippen LogP contribution in [-0.4, -0.2) is 25.6 Å². The van der Waals surface area contributed by atoms with E-state index in [4.69, 9.17) is 5.26 Å². The molecule has 0 aliphatic rings. The van der Waals surface area contributed by atoms with Crippen LogP contribution in [0.15, 0.2) is 36.7 Å². The van der Waals surface area contributed by atoms with Crippen LogP contribution in [0.4, 0.5) is 5.69 Å². The minimum atomic E-state index is 0.177. The molecule has 8 heteroatoms. The van der Waals surface area contributed by atoms with E-state index in [9.17, 15) is 5.26 Å². The van der Waals surface area contributed by atoms with Crippen molar-refractivity contribution >= 4 is 22.2 Å². The van der Waals surface area contributed by atoms with Crippen LogP contribution in [0.5, 0.6) is 0 Å². The van der Waals surface area contributed by atoms with Gasteiger partial charge < -0.3 is 5.32 Å². The van der Waals surface area contributed by atoms with Crippen LogP contribution in [0.25, 0.3) is 16.5 Å². The average molecular weight is 288 g/mol. The Labute approximate surface area is 124 Å². The maximum atomic E-state index is 9.38. The minimum absolute atomic E-state index is 0.177. The van der Waals surface area contributed by atoms with Gasteiger partial charge in [-0.15, -0.1) is 10.2 Å². The Kier molecular flexibility index (Phi) is 3.42. The van der Waals surface area contributed by atoms with Crippen molar-refractivity contribution in [3.63, 3.8) is 0 Å². The van der Waals surface area contributed by atoms with Crippen LogP contribution in [0, 0.1) is 22.7 Å². The van der Waals surface area contributed by atoms with E-state index in [0.29, 0.717) is 11.3 Å². The van der Waals surface area contributed by atoms with Gasteiger partial charge in [0, 0.05) is 17.8 Å². The first kappa shape index (κ1) is 13.2. The number of pyridine rings is 1. The molecule has 3 rings (SSSR count). The van der Waals surface area contributed by atoms with Gasteiger partial charge in [-0.3, -0.25) is 4.98 Å². The molecule has 0 atom stereocenters. The standard InChI is InChI=1S/C14H8N8/c15-6-9(14-19-21-22-20-14)8-18-13-4-3-12-10(11(13)7-16)2-1-5-17-12/h1-5,8,18H,(H,19,20,21,22). The second-order valence-corrected chi connectivity index (χ2v) is 4.22. The van der Waals surface area contributed by atoms with Gasteiger partial charge in [-0.2, -0.15) is 15.7 Å². The van der Waals surface area contributed by atoms with Gasteiger partial charge in [-0.05, 0) is 29.5 Å². The highest BCUT2D eigenvalue weighted by Crippen LogP contribution is 2.24. The number of H-pyrrole nitrogens is 1. The van der Waals surface area contributed by atoms with E-state index in [1.807, 2.05) is 12.1 Å². The number of anilines is 1. The number of hydrogen-bond acceptors (Lipinski definition) is 7. The summed E-state index contributed by atoms with van der Waals surface area (Å²) >= 11 is 0. The number of aromatic amines is 1. The summed E-state index contributed by atoms with van der Waals surface area (Å²) < 4.78 is 0. The predicted octanol–water partition coefficient (Wildman–Crippen LogP) is 1.60. The number of nitrogens with one attached hydrogen (secondary N) is 2. The van der Waals surface area contributed by atoms with Crippen LogP contribution < -0.4 is 5.32 Å². The minimum Gasteiger partial charge on any atom is -0.359 e. The Morgan fingerprint density at radius 1 is 1.27 bits per heavy atom. The number of hydrogen-bond donors (Lipinski definition) is 2. The summed E-state index contributed by atoms with van der Waals surface area (Å²) in [5, 5.41) is 35.3. The number of nitriles is 2. The van der Waals surface area contributed by atoms with Crippen molar-refractivity contribution in [1.29, 1.82) is 10.5 Å². The van der Waals surface area contributed by atoms with Crippen molar-refractivity contribution in [2.75, 3.05) is 5.32 Å². The molecule has 0 amide bonds. The number of rotatable bonds is 3. The molecule has 0 bridgehead atoms. The first-order valence-electron chi connectivity index (χ1n) is 6.22. The predicted molar refractivity (Wildman–Crippen MR) is 77.8 cm³/mol. The maximum Gasteiger partial charge on any atom is 0.216 e. The number of tetrazole rings is 1. The fraction of sp³-hybridized carbons (Fsp3) is 0. The third-order valence-corrected chi connectivity index (χ3v) is 2.98. The van der Waals surface area contributed by atoms with E-state index < -0.39 is 0 Å². The third-order valence-electron chi connectivity index (χ3n) is 2.98. The molecule has 0 aliphatic carbocycles. The molecule has 3 aromatic rings. The molecule has 0 fully saturated rings. The van der Waals surface area contributed by atoms with E-state index in [1.54, 1.807) is 24.4 Å². The van der Waals surface area contributed by atoms with Crippen LogP contribution >= 0.6 is 0 Å². The van der Waals surface area contributed by atoms with E-state index in [-0.39, 0.29) is 11.4 Å². The van der Waals surface area contributed by atoms with Crippen LogP contribution in [0.1, 0.15) is 11.4 Å².